The standard InChI is InChI=1S/C14H21BrN2O3S/c1-10-6-11(8-16-2)7-13(14(10)15)21(18,19)17-9-12-4-3-5-20-12/h6-7,12,16-17H,3-5,8-9H2,1-2H3. The molecule has 0 saturated carbocycles. The van der Waals surface area contributed by atoms with Gasteiger partial charge in [-0.2, -0.15) is 0 Å². The summed E-state index contributed by atoms with van der Waals surface area (Å²) >= 11 is 3.38. The van der Waals surface area contributed by atoms with Gasteiger partial charge in [0.25, 0.3) is 0 Å². The molecule has 118 valence electrons. The highest BCUT2D eigenvalue weighted by Crippen LogP contribution is 2.27. The summed E-state index contributed by atoms with van der Waals surface area (Å²) in [6.07, 6.45) is 1.88. The number of ether oxygens (including phenoxy) is 1. The molecule has 1 aliphatic rings. The molecule has 1 aromatic rings. The van der Waals surface area contributed by atoms with Gasteiger partial charge in [-0.1, -0.05) is 6.07 Å². The molecular weight excluding hydrogens is 356 g/mol. The maximum absolute atomic E-state index is 12.5. The minimum absolute atomic E-state index is 0.0138. The number of sulfonamides is 1. The average Bonchev–Trinajstić information content (AvgIpc) is 2.94. The van der Waals surface area contributed by atoms with E-state index in [1.807, 2.05) is 20.0 Å². The predicted molar refractivity (Wildman–Crippen MR) is 85.8 cm³/mol. The van der Waals surface area contributed by atoms with E-state index in [4.69, 9.17) is 4.74 Å². The molecule has 21 heavy (non-hydrogen) atoms. The van der Waals surface area contributed by atoms with E-state index in [2.05, 4.69) is 26.0 Å². The summed E-state index contributed by atoms with van der Waals surface area (Å²) in [6.45, 7) is 3.56. The van der Waals surface area contributed by atoms with Gasteiger partial charge in [0.15, 0.2) is 0 Å². The molecule has 0 aromatic heterocycles. The van der Waals surface area contributed by atoms with Crippen molar-refractivity contribution >= 4 is 26.0 Å². The van der Waals surface area contributed by atoms with Gasteiger partial charge in [-0.3, -0.25) is 0 Å². The molecule has 1 fully saturated rings. The molecule has 0 bridgehead atoms. The van der Waals surface area contributed by atoms with Crippen molar-refractivity contribution in [2.24, 2.45) is 0 Å². The van der Waals surface area contributed by atoms with Crippen LogP contribution in [0.5, 0.6) is 0 Å². The number of halogens is 1. The number of aryl methyl sites for hydroxylation is 1. The highest BCUT2D eigenvalue weighted by Gasteiger charge is 2.23. The Kier molecular flexibility index (Phi) is 5.79. The molecule has 1 aromatic carbocycles. The zero-order chi connectivity index (χ0) is 15.5. The van der Waals surface area contributed by atoms with Crippen LogP contribution in [0.15, 0.2) is 21.5 Å². The van der Waals surface area contributed by atoms with E-state index >= 15 is 0 Å². The summed E-state index contributed by atoms with van der Waals surface area (Å²) in [5.74, 6) is 0. The fourth-order valence-electron chi connectivity index (χ4n) is 2.40. The molecule has 1 heterocycles. The molecule has 0 spiro atoms. The van der Waals surface area contributed by atoms with Crippen LogP contribution >= 0.6 is 15.9 Å². The first-order valence-corrected chi connectivity index (χ1v) is 9.26. The molecule has 1 saturated heterocycles. The third kappa shape index (κ3) is 4.26. The third-order valence-electron chi connectivity index (χ3n) is 3.48. The third-order valence-corrected chi connectivity index (χ3v) is 6.24. The molecule has 1 aliphatic heterocycles. The maximum Gasteiger partial charge on any atom is 0.241 e. The van der Waals surface area contributed by atoms with Crippen LogP contribution in [0, 0.1) is 6.92 Å². The summed E-state index contributed by atoms with van der Waals surface area (Å²) in [7, 11) is -1.71. The SMILES string of the molecule is CNCc1cc(C)c(Br)c(S(=O)(=O)NCC2CCCO2)c1. The number of hydrogen-bond donors (Lipinski definition) is 2. The lowest BCUT2D eigenvalue weighted by Gasteiger charge is -2.14. The number of rotatable bonds is 6. The molecule has 0 radical (unpaired) electrons. The Bertz CT molecular complexity index is 598. The van der Waals surface area contributed by atoms with Gasteiger partial charge in [0, 0.05) is 24.2 Å². The van der Waals surface area contributed by atoms with E-state index in [-0.39, 0.29) is 11.0 Å². The van der Waals surface area contributed by atoms with E-state index in [0.29, 0.717) is 24.2 Å². The Morgan fingerprint density at radius 2 is 2.19 bits per heavy atom. The summed E-state index contributed by atoms with van der Waals surface area (Å²) in [5, 5.41) is 3.04. The topological polar surface area (TPSA) is 67.4 Å². The molecule has 7 heteroatoms. The second-order valence-corrected chi connectivity index (χ2v) is 7.77. The number of hydrogen-bond acceptors (Lipinski definition) is 4. The van der Waals surface area contributed by atoms with Crippen LogP contribution < -0.4 is 10.0 Å². The monoisotopic (exact) mass is 376 g/mol. The minimum Gasteiger partial charge on any atom is -0.377 e. The van der Waals surface area contributed by atoms with Crippen molar-refractivity contribution < 1.29 is 13.2 Å². The molecule has 0 amide bonds. The Morgan fingerprint density at radius 1 is 1.43 bits per heavy atom. The van der Waals surface area contributed by atoms with E-state index in [1.54, 1.807) is 6.07 Å². The van der Waals surface area contributed by atoms with Gasteiger partial charge in [0.2, 0.25) is 10.0 Å². The van der Waals surface area contributed by atoms with Gasteiger partial charge in [0.1, 0.15) is 0 Å². The predicted octanol–water partition coefficient (Wildman–Crippen LogP) is 1.93. The second-order valence-electron chi connectivity index (χ2n) is 5.24. The van der Waals surface area contributed by atoms with E-state index < -0.39 is 10.0 Å². The molecule has 2 rings (SSSR count). The van der Waals surface area contributed by atoms with Crippen LogP contribution in [-0.2, 0) is 21.3 Å². The smallest absolute Gasteiger partial charge is 0.241 e. The molecule has 1 unspecified atom stereocenters. The summed E-state index contributed by atoms with van der Waals surface area (Å²) in [5.41, 5.74) is 1.84. The van der Waals surface area contributed by atoms with Crippen LogP contribution in [0.1, 0.15) is 24.0 Å². The lowest BCUT2D eigenvalue weighted by Crippen LogP contribution is -2.32. The van der Waals surface area contributed by atoms with Crippen LogP contribution in [0.2, 0.25) is 0 Å². The number of benzene rings is 1. The van der Waals surface area contributed by atoms with Crippen LogP contribution in [0.3, 0.4) is 0 Å². The van der Waals surface area contributed by atoms with Crippen LogP contribution in [0.25, 0.3) is 0 Å². The van der Waals surface area contributed by atoms with E-state index in [9.17, 15) is 8.42 Å². The fourth-order valence-corrected chi connectivity index (χ4v) is 4.53. The van der Waals surface area contributed by atoms with Gasteiger partial charge in [-0.15, -0.1) is 0 Å². The zero-order valence-electron chi connectivity index (χ0n) is 12.3. The molecular formula is C14H21BrN2O3S. The van der Waals surface area contributed by atoms with Gasteiger partial charge in [-0.05, 0) is 59.9 Å². The largest absolute Gasteiger partial charge is 0.377 e. The Morgan fingerprint density at radius 3 is 2.81 bits per heavy atom. The quantitative estimate of drug-likeness (QED) is 0.795. The lowest BCUT2D eigenvalue weighted by atomic mass is 10.1. The first-order chi connectivity index (χ1) is 9.94. The number of nitrogens with one attached hydrogen (secondary N) is 2. The lowest BCUT2D eigenvalue weighted by molar-refractivity contribution is 0.114. The Balaban J connectivity index is 2.21. The first kappa shape index (κ1) is 16.9. The summed E-state index contributed by atoms with van der Waals surface area (Å²) in [4.78, 5) is 0.283. The fraction of sp³-hybridized carbons (Fsp3) is 0.571. The minimum atomic E-state index is -3.55. The first-order valence-electron chi connectivity index (χ1n) is 6.99. The van der Waals surface area contributed by atoms with Crippen LogP contribution in [0.4, 0.5) is 0 Å². The molecule has 5 nitrogen and oxygen atoms in total. The van der Waals surface area contributed by atoms with Crippen molar-refractivity contribution in [3.63, 3.8) is 0 Å². The van der Waals surface area contributed by atoms with Crippen molar-refractivity contribution in [2.45, 2.75) is 37.3 Å². The van der Waals surface area contributed by atoms with E-state index in [1.165, 1.54) is 0 Å². The van der Waals surface area contributed by atoms with E-state index in [0.717, 1.165) is 24.0 Å². The average molecular weight is 377 g/mol. The Labute approximate surface area is 134 Å². The molecule has 1 atom stereocenters. The van der Waals surface area contributed by atoms with Crippen molar-refractivity contribution in [3.05, 3.63) is 27.7 Å². The zero-order valence-corrected chi connectivity index (χ0v) is 14.7. The van der Waals surface area contributed by atoms with Crippen molar-refractivity contribution in [2.75, 3.05) is 20.2 Å². The van der Waals surface area contributed by atoms with Crippen molar-refractivity contribution in [1.29, 1.82) is 0 Å². The summed E-state index contributed by atoms with van der Waals surface area (Å²) < 4.78 is 33.7. The van der Waals surface area contributed by atoms with Crippen molar-refractivity contribution in [3.8, 4) is 0 Å². The molecule has 0 aliphatic carbocycles. The van der Waals surface area contributed by atoms with Gasteiger partial charge < -0.3 is 10.1 Å². The highest BCUT2D eigenvalue weighted by molar-refractivity contribution is 9.10. The molecule has 2 N–H and O–H groups in total. The Hall–Kier alpha value is -0.470. The second kappa shape index (κ2) is 7.19. The van der Waals surface area contributed by atoms with Crippen molar-refractivity contribution in [1.82, 2.24) is 10.0 Å². The maximum atomic E-state index is 12.5. The van der Waals surface area contributed by atoms with Crippen LogP contribution in [-0.4, -0.2) is 34.7 Å². The highest BCUT2D eigenvalue weighted by atomic mass is 79.9. The van der Waals surface area contributed by atoms with Gasteiger partial charge in [-0.25, -0.2) is 13.1 Å². The summed E-state index contributed by atoms with van der Waals surface area (Å²) in [6, 6.07) is 3.67. The normalized spacial score (nSPS) is 19.1. The van der Waals surface area contributed by atoms with Gasteiger partial charge in [0.05, 0.1) is 11.0 Å². The van der Waals surface area contributed by atoms with Gasteiger partial charge >= 0.3 is 0 Å².